The molecule has 1 aliphatic heterocycles. The molecule has 0 bridgehead atoms. The number of benzene rings is 2. The summed E-state index contributed by atoms with van der Waals surface area (Å²) in [7, 11) is 1.51. The van der Waals surface area contributed by atoms with Gasteiger partial charge in [0.05, 0.1) is 12.7 Å². The molecule has 2 amide bonds. The molecule has 30 heavy (non-hydrogen) atoms. The predicted octanol–water partition coefficient (Wildman–Crippen LogP) is 3.24. The van der Waals surface area contributed by atoms with E-state index in [1.807, 2.05) is 0 Å². The zero-order chi connectivity index (χ0) is 21.7. The summed E-state index contributed by atoms with van der Waals surface area (Å²) >= 11 is 6.01. The van der Waals surface area contributed by atoms with E-state index in [1.54, 1.807) is 42.2 Å². The van der Waals surface area contributed by atoms with Crippen LogP contribution in [0.2, 0.25) is 5.02 Å². The van der Waals surface area contributed by atoms with Crippen LogP contribution in [0, 0.1) is 0 Å². The number of hydrogen-bond acceptors (Lipinski definition) is 5. The highest BCUT2D eigenvalue weighted by molar-refractivity contribution is 6.31. The lowest BCUT2D eigenvalue weighted by molar-refractivity contribution is -0.139. The Morgan fingerprint density at radius 3 is 2.47 bits per heavy atom. The summed E-state index contributed by atoms with van der Waals surface area (Å²) in [5, 5.41) is 12.8. The number of piperidine rings is 1. The molecule has 2 N–H and O–H groups in total. The molecule has 2 aromatic carbocycles. The Hall–Kier alpha value is -2.93. The molecule has 160 valence electrons. The number of nitrogens with one attached hydrogen (secondary N) is 1. The quantitative estimate of drug-likeness (QED) is 0.731. The predicted molar refractivity (Wildman–Crippen MR) is 113 cm³/mol. The van der Waals surface area contributed by atoms with Crippen molar-refractivity contribution in [3.05, 3.63) is 53.1 Å². The van der Waals surface area contributed by atoms with Crippen LogP contribution in [0.25, 0.3) is 0 Å². The van der Waals surface area contributed by atoms with Gasteiger partial charge >= 0.3 is 0 Å². The number of likely N-dealkylation sites (tertiary alicyclic amines) is 1. The summed E-state index contributed by atoms with van der Waals surface area (Å²) in [4.78, 5) is 27.0. The van der Waals surface area contributed by atoms with E-state index in [4.69, 9.17) is 21.1 Å². The molecule has 1 aliphatic rings. The van der Waals surface area contributed by atoms with E-state index >= 15 is 0 Å². The first kappa shape index (κ1) is 21.8. The minimum atomic E-state index is -0.642. The standard InChI is InChI=1S/C22H25ClN2O5/c1-14(30-18-6-4-17(26)5-7-18)22(28)25-11-9-16(10-12-25)24-21(27)19-13-15(23)3-8-20(19)29-2/h3-8,13-14,16,26H,9-12H2,1-2H3,(H,24,27). The van der Waals surface area contributed by atoms with Gasteiger partial charge in [-0.15, -0.1) is 0 Å². The van der Waals surface area contributed by atoms with E-state index in [1.165, 1.54) is 19.2 Å². The normalized spacial score (nSPS) is 15.4. The average Bonchev–Trinajstić information content (AvgIpc) is 2.75. The van der Waals surface area contributed by atoms with Crippen LogP contribution < -0.4 is 14.8 Å². The Bertz CT molecular complexity index is 895. The van der Waals surface area contributed by atoms with Crippen molar-refractivity contribution in [2.45, 2.75) is 31.9 Å². The molecule has 0 saturated carbocycles. The first-order valence-corrected chi connectivity index (χ1v) is 10.1. The number of phenolic OH excluding ortho intramolecular Hbond substituents is 1. The highest BCUT2D eigenvalue weighted by atomic mass is 35.5. The third-order valence-electron chi connectivity index (χ3n) is 5.05. The zero-order valence-corrected chi connectivity index (χ0v) is 17.7. The van der Waals surface area contributed by atoms with Gasteiger partial charge in [0, 0.05) is 24.2 Å². The van der Waals surface area contributed by atoms with Crippen LogP contribution >= 0.6 is 11.6 Å². The van der Waals surface area contributed by atoms with Crippen molar-refractivity contribution in [1.82, 2.24) is 10.2 Å². The summed E-state index contributed by atoms with van der Waals surface area (Å²) in [6.07, 6.45) is 0.648. The Kier molecular flexibility index (Phi) is 7.05. The number of carbonyl (C=O) groups excluding carboxylic acids is 2. The SMILES string of the molecule is COc1ccc(Cl)cc1C(=O)NC1CCN(C(=O)C(C)Oc2ccc(O)cc2)CC1. The Balaban J connectivity index is 1.51. The van der Waals surface area contributed by atoms with E-state index in [0.717, 1.165) is 0 Å². The van der Waals surface area contributed by atoms with Crippen LogP contribution in [0.5, 0.6) is 17.2 Å². The molecule has 1 atom stereocenters. The van der Waals surface area contributed by atoms with Gasteiger partial charge in [-0.3, -0.25) is 9.59 Å². The number of methoxy groups -OCH3 is 1. The lowest BCUT2D eigenvalue weighted by Gasteiger charge is -2.34. The lowest BCUT2D eigenvalue weighted by atomic mass is 10.0. The fraction of sp³-hybridized carbons (Fsp3) is 0.364. The van der Waals surface area contributed by atoms with Crippen LogP contribution in [-0.4, -0.2) is 54.2 Å². The van der Waals surface area contributed by atoms with Crippen LogP contribution in [0.3, 0.4) is 0 Å². The van der Waals surface area contributed by atoms with Gasteiger partial charge < -0.3 is 24.8 Å². The highest BCUT2D eigenvalue weighted by Gasteiger charge is 2.28. The van der Waals surface area contributed by atoms with Gasteiger partial charge in [0.2, 0.25) is 0 Å². The summed E-state index contributed by atoms with van der Waals surface area (Å²) in [6.45, 7) is 2.76. The highest BCUT2D eigenvalue weighted by Crippen LogP contribution is 2.23. The van der Waals surface area contributed by atoms with E-state index in [2.05, 4.69) is 5.32 Å². The molecule has 0 spiro atoms. The number of hydrogen-bond donors (Lipinski definition) is 2. The molecule has 1 heterocycles. The van der Waals surface area contributed by atoms with Gasteiger partial charge in [-0.2, -0.15) is 0 Å². The van der Waals surface area contributed by atoms with Crippen molar-refractivity contribution in [2.24, 2.45) is 0 Å². The van der Waals surface area contributed by atoms with E-state index in [-0.39, 0.29) is 23.6 Å². The number of carbonyl (C=O) groups is 2. The monoisotopic (exact) mass is 432 g/mol. The topological polar surface area (TPSA) is 88.1 Å². The molecule has 3 rings (SSSR count). The Morgan fingerprint density at radius 2 is 1.83 bits per heavy atom. The summed E-state index contributed by atoms with van der Waals surface area (Å²) in [5.74, 6) is 0.768. The summed E-state index contributed by atoms with van der Waals surface area (Å²) < 4.78 is 10.9. The number of aromatic hydroxyl groups is 1. The van der Waals surface area contributed by atoms with Crippen LogP contribution in [0.1, 0.15) is 30.1 Å². The van der Waals surface area contributed by atoms with Gasteiger partial charge in [-0.25, -0.2) is 0 Å². The fourth-order valence-corrected chi connectivity index (χ4v) is 3.57. The molecule has 8 heteroatoms. The van der Waals surface area contributed by atoms with E-state index < -0.39 is 6.10 Å². The fourth-order valence-electron chi connectivity index (χ4n) is 3.40. The third kappa shape index (κ3) is 5.36. The number of ether oxygens (including phenoxy) is 2. The van der Waals surface area contributed by atoms with Crippen molar-refractivity contribution < 1.29 is 24.2 Å². The second-order valence-electron chi connectivity index (χ2n) is 7.17. The maximum atomic E-state index is 12.7. The van der Waals surface area contributed by atoms with Crippen molar-refractivity contribution in [1.29, 1.82) is 0 Å². The number of rotatable bonds is 6. The Labute approximate surface area is 180 Å². The van der Waals surface area contributed by atoms with Gasteiger partial charge in [0.1, 0.15) is 17.2 Å². The van der Waals surface area contributed by atoms with Gasteiger partial charge in [-0.1, -0.05) is 11.6 Å². The zero-order valence-electron chi connectivity index (χ0n) is 16.9. The minimum absolute atomic E-state index is 0.0430. The van der Waals surface area contributed by atoms with Crippen LogP contribution in [0.4, 0.5) is 0 Å². The van der Waals surface area contributed by atoms with Gasteiger partial charge in [0.25, 0.3) is 11.8 Å². The largest absolute Gasteiger partial charge is 0.508 e. The first-order valence-electron chi connectivity index (χ1n) is 9.76. The lowest BCUT2D eigenvalue weighted by Crippen LogP contribution is -2.49. The maximum absolute atomic E-state index is 12.7. The van der Waals surface area contributed by atoms with Crippen molar-refractivity contribution in [3.8, 4) is 17.2 Å². The minimum Gasteiger partial charge on any atom is -0.508 e. The molecule has 0 aromatic heterocycles. The van der Waals surface area contributed by atoms with Crippen LogP contribution in [0.15, 0.2) is 42.5 Å². The molecule has 1 fully saturated rings. The third-order valence-corrected chi connectivity index (χ3v) is 5.28. The second-order valence-corrected chi connectivity index (χ2v) is 7.61. The van der Waals surface area contributed by atoms with Crippen LogP contribution in [-0.2, 0) is 4.79 Å². The molecule has 2 aromatic rings. The van der Waals surface area contributed by atoms with Crippen molar-refractivity contribution in [3.63, 3.8) is 0 Å². The Morgan fingerprint density at radius 1 is 1.17 bits per heavy atom. The molecule has 0 aliphatic carbocycles. The molecular formula is C22H25ClN2O5. The first-order chi connectivity index (χ1) is 14.4. The summed E-state index contributed by atoms with van der Waals surface area (Å²) in [5.41, 5.74) is 0.388. The summed E-state index contributed by atoms with van der Waals surface area (Å²) in [6, 6.07) is 11.1. The smallest absolute Gasteiger partial charge is 0.263 e. The molecule has 7 nitrogen and oxygen atoms in total. The van der Waals surface area contributed by atoms with Crippen molar-refractivity contribution in [2.75, 3.05) is 20.2 Å². The number of nitrogens with zero attached hydrogens (tertiary/aromatic N) is 1. The van der Waals surface area contributed by atoms with Gasteiger partial charge in [0.15, 0.2) is 6.10 Å². The molecule has 0 radical (unpaired) electrons. The number of halogens is 1. The number of phenols is 1. The molecule has 1 unspecified atom stereocenters. The van der Waals surface area contributed by atoms with E-state index in [9.17, 15) is 14.7 Å². The molecule has 1 saturated heterocycles. The average molecular weight is 433 g/mol. The molecular weight excluding hydrogens is 408 g/mol. The van der Waals surface area contributed by atoms with E-state index in [0.29, 0.717) is 48.0 Å². The second kappa shape index (κ2) is 9.71. The number of amides is 2. The van der Waals surface area contributed by atoms with Gasteiger partial charge in [-0.05, 0) is 62.2 Å². The maximum Gasteiger partial charge on any atom is 0.263 e. The van der Waals surface area contributed by atoms with Crippen molar-refractivity contribution >= 4 is 23.4 Å².